The molecular weight excluding hydrogens is 212 g/mol. The Kier molecular flexibility index (Phi) is 4.16. The number of imide groups is 1. The van der Waals surface area contributed by atoms with Gasteiger partial charge in [-0.2, -0.15) is 11.8 Å². The van der Waals surface area contributed by atoms with E-state index in [1.807, 2.05) is 20.1 Å². The Hall–Kier alpha value is -0.550. The molecule has 1 saturated heterocycles. The lowest BCUT2D eigenvalue weighted by Crippen LogP contribution is -2.63. The molecule has 0 unspecified atom stereocenters. The van der Waals surface area contributed by atoms with Gasteiger partial charge in [-0.25, -0.2) is 0 Å². The summed E-state index contributed by atoms with van der Waals surface area (Å²) in [4.78, 5) is 24.8. The fourth-order valence-electron chi connectivity index (χ4n) is 1.51. The number of thioether (sulfide) groups is 1. The lowest BCUT2D eigenvalue weighted by molar-refractivity contribution is -0.152. The summed E-state index contributed by atoms with van der Waals surface area (Å²) in [5.41, 5.74) is -0.604. The zero-order valence-corrected chi connectivity index (χ0v) is 10.3. The first kappa shape index (κ1) is 12.5. The summed E-state index contributed by atoms with van der Waals surface area (Å²) in [6, 6.07) is 0. The lowest BCUT2D eigenvalue weighted by Gasteiger charge is -2.36. The molecule has 4 nitrogen and oxygen atoms in total. The minimum atomic E-state index is -0.604. The number of hydrogen-bond acceptors (Lipinski definition) is 4. The molecule has 0 aromatic rings. The first-order valence-corrected chi connectivity index (χ1v) is 6.47. The van der Waals surface area contributed by atoms with Crippen molar-refractivity contribution in [3.05, 3.63) is 0 Å². The normalized spacial score (nSPS) is 20.9. The average molecular weight is 230 g/mol. The minimum absolute atomic E-state index is 0.111. The number of nitrogens with zero attached hydrogens (tertiary/aromatic N) is 1. The Morgan fingerprint density at radius 2 is 2.13 bits per heavy atom. The maximum absolute atomic E-state index is 11.9. The van der Waals surface area contributed by atoms with Gasteiger partial charge in [0.05, 0.1) is 12.1 Å². The summed E-state index contributed by atoms with van der Waals surface area (Å²) >= 11 is 1.73. The van der Waals surface area contributed by atoms with Crippen molar-refractivity contribution in [1.82, 2.24) is 10.2 Å². The molecule has 1 heterocycles. The predicted octanol–water partition coefficient (Wildman–Crippen LogP) is 0.476. The fraction of sp³-hybridized carbons (Fsp3) is 0.800. The molecule has 1 aliphatic heterocycles. The molecule has 5 heteroatoms. The molecule has 15 heavy (non-hydrogen) atoms. The van der Waals surface area contributed by atoms with Crippen molar-refractivity contribution in [1.29, 1.82) is 0 Å². The van der Waals surface area contributed by atoms with E-state index >= 15 is 0 Å². The molecule has 0 aromatic carbocycles. The maximum Gasteiger partial charge on any atom is 0.248 e. The SMILES string of the molecule is CSCCCN1C(=O)CNC(C)(C)C1=O. The van der Waals surface area contributed by atoms with Crippen LogP contribution in [0.1, 0.15) is 20.3 Å². The zero-order valence-electron chi connectivity index (χ0n) is 9.50. The largest absolute Gasteiger partial charge is 0.295 e. The molecule has 0 aromatic heterocycles. The molecule has 0 radical (unpaired) electrons. The summed E-state index contributed by atoms with van der Waals surface area (Å²) in [7, 11) is 0. The van der Waals surface area contributed by atoms with Gasteiger partial charge in [0.2, 0.25) is 11.8 Å². The molecule has 86 valence electrons. The van der Waals surface area contributed by atoms with Gasteiger partial charge in [0, 0.05) is 6.54 Å². The molecular formula is C10H18N2O2S. The zero-order chi connectivity index (χ0) is 11.5. The first-order valence-electron chi connectivity index (χ1n) is 5.08. The topological polar surface area (TPSA) is 49.4 Å². The summed E-state index contributed by atoms with van der Waals surface area (Å²) < 4.78 is 0. The van der Waals surface area contributed by atoms with Crippen molar-refractivity contribution < 1.29 is 9.59 Å². The summed E-state index contributed by atoms with van der Waals surface area (Å²) in [5.74, 6) is 0.755. The summed E-state index contributed by atoms with van der Waals surface area (Å²) in [6.45, 7) is 4.42. The van der Waals surface area contributed by atoms with Gasteiger partial charge in [-0.1, -0.05) is 0 Å². The van der Waals surface area contributed by atoms with Crippen LogP contribution in [-0.2, 0) is 9.59 Å². The van der Waals surface area contributed by atoms with Crippen LogP contribution in [0.25, 0.3) is 0 Å². The first-order chi connectivity index (χ1) is 6.99. The molecule has 1 aliphatic rings. The van der Waals surface area contributed by atoms with Crippen molar-refractivity contribution in [2.24, 2.45) is 0 Å². The molecule has 0 atom stereocenters. The second-order valence-corrected chi connectivity index (χ2v) is 5.16. The molecule has 1 N–H and O–H groups in total. The van der Waals surface area contributed by atoms with Crippen LogP contribution in [0.4, 0.5) is 0 Å². The molecule has 2 amide bonds. The van der Waals surface area contributed by atoms with Crippen LogP contribution >= 0.6 is 11.8 Å². The Morgan fingerprint density at radius 3 is 2.73 bits per heavy atom. The van der Waals surface area contributed by atoms with Gasteiger partial charge in [0.1, 0.15) is 0 Å². The van der Waals surface area contributed by atoms with E-state index < -0.39 is 5.54 Å². The van der Waals surface area contributed by atoms with Crippen molar-refractivity contribution in [3.63, 3.8) is 0 Å². The molecule has 0 saturated carbocycles. The van der Waals surface area contributed by atoms with E-state index in [0.29, 0.717) is 6.54 Å². The number of carbonyl (C=O) groups excluding carboxylic acids is 2. The Bertz CT molecular complexity index is 266. The summed E-state index contributed by atoms with van der Waals surface area (Å²) in [6.07, 6.45) is 2.89. The van der Waals surface area contributed by atoms with Crippen LogP contribution < -0.4 is 5.32 Å². The van der Waals surface area contributed by atoms with Crippen molar-refractivity contribution in [2.75, 3.05) is 25.1 Å². The third-order valence-corrected chi connectivity index (χ3v) is 3.19. The molecule has 1 fully saturated rings. The number of carbonyl (C=O) groups is 2. The lowest BCUT2D eigenvalue weighted by atomic mass is 10.0. The third kappa shape index (κ3) is 2.95. The highest BCUT2D eigenvalue weighted by molar-refractivity contribution is 7.98. The average Bonchev–Trinajstić information content (AvgIpc) is 2.18. The summed E-state index contributed by atoms with van der Waals surface area (Å²) in [5, 5.41) is 2.93. The smallest absolute Gasteiger partial charge is 0.248 e. The van der Waals surface area contributed by atoms with Gasteiger partial charge >= 0.3 is 0 Å². The van der Waals surface area contributed by atoms with Gasteiger partial charge in [0.25, 0.3) is 0 Å². The Balaban J connectivity index is 2.59. The van der Waals surface area contributed by atoms with Crippen molar-refractivity contribution >= 4 is 23.6 Å². The number of piperazine rings is 1. The standard InChI is InChI=1S/C10H18N2O2S/c1-10(2)9(14)12(5-4-6-15-3)8(13)7-11-10/h11H,4-7H2,1-3H3. The van der Waals surface area contributed by atoms with E-state index in [1.54, 1.807) is 11.8 Å². The van der Waals surface area contributed by atoms with E-state index in [9.17, 15) is 9.59 Å². The van der Waals surface area contributed by atoms with Crippen LogP contribution in [-0.4, -0.2) is 47.4 Å². The highest BCUT2D eigenvalue weighted by atomic mass is 32.2. The second-order valence-electron chi connectivity index (χ2n) is 4.18. The monoisotopic (exact) mass is 230 g/mol. The highest BCUT2D eigenvalue weighted by Gasteiger charge is 2.39. The van der Waals surface area contributed by atoms with Crippen LogP contribution in [0, 0.1) is 0 Å². The number of nitrogens with one attached hydrogen (secondary N) is 1. The molecule has 1 rings (SSSR count). The van der Waals surface area contributed by atoms with Crippen molar-refractivity contribution in [3.8, 4) is 0 Å². The molecule has 0 spiro atoms. The second kappa shape index (κ2) is 4.99. The Morgan fingerprint density at radius 1 is 1.47 bits per heavy atom. The van der Waals surface area contributed by atoms with Gasteiger partial charge < -0.3 is 0 Å². The van der Waals surface area contributed by atoms with E-state index in [-0.39, 0.29) is 18.4 Å². The van der Waals surface area contributed by atoms with E-state index in [4.69, 9.17) is 0 Å². The van der Waals surface area contributed by atoms with Gasteiger partial charge in [-0.15, -0.1) is 0 Å². The van der Waals surface area contributed by atoms with E-state index in [2.05, 4.69) is 5.32 Å². The van der Waals surface area contributed by atoms with Crippen LogP contribution in [0.15, 0.2) is 0 Å². The van der Waals surface area contributed by atoms with Crippen LogP contribution in [0.3, 0.4) is 0 Å². The number of amides is 2. The number of hydrogen-bond donors (Lipinski definition) is 1. The van der Waals surface area contributed by atoms with Gasteiger partial charge in [0.15, 0.2) is 0 Å². The van der Waals surface area contributed by atoms with Gasteiger partial charge in [-0.3, -0.25) is 19.8 Å². The predicted molar refractivity (Wildman–Crippen MR) is 61.8 cm³/mol. The van der Waals surface area contributed by atoms with Gasteiger partial charge in [-0.05, 0) is 32.3 Å². The highest BCUT2D eigenvalue weighted by Crippen LogP contribution is 2.13. The maximum atomic E-state index is 11.9. The van der Waals surface area contributed by atoms with Crippen LogP contribution in [0.2, 0.25) is 0 Å². The quantitative estimate of drug-likeness (QED) is 0.563. The van der Waals surface area contributed by atoms with E-state index in [1.165, 1.54) is 4.90 Å². The Labute approximate surface area is 94.8 Å². The third-order valence-electron chi connectivity index (χ3n) is 2.49. The molecule has 0 bridgehead atoms. The van der Waals surface area contributed by atoms with Crippen molar-refractivity contribution in [2.45, 2.75) is 25.8 Å². The minimum Gasteiger partial charge on any atom is -0.295 e. The van der Waals surface area contributed by atoms with E-state index in [0.717, 1.165) is 12.2 Å². The number of rotatable bonds is 4. The molecule has 0 aliphatic carbocycles. The van der Waals surface area contributed by atoms with Crippen LogP contribution in [0.5, 0.6) is 0 Å². The fourth-order valence-corrected chi connectivity index (χ4v) is 1.93.